The van der Waals surface area contributed by atoms with E-state index in [1.165, 1.54) is 16.8 Å². The maximum Gasteiger partial charge on any atom is 0.0769 e. The van der Waals surface area contributed by atoms with Crippen LogP contribution in [0.3, 0.4) is 0 Å². The molecule has 2 rings (SSSR count). The second-order valence-corrected chi connectivity index (χ2v) is 4.99. The van der Waals surface area contributed by atoms with Crippen molar-refractivity contribution in [1.29, 1.82) is 0 Å². The molecule has 0 aromatic rings. The van der Waals surface area contributed by atoms with Gasteiger partial charge in [-0.25, -0.2) is 0 Å². The summed E-state index contributed by atoms with van der Waals surface area (Å²) in [6.45, 7) is 7.50. The predicted molar refractivity (Wildman–Crippen MR) is 64.1 cm³/mol. The Morgan fingerprint density at radius 2 is 2.07 bits per heavy atom. The summed E-state index contributed by atoms with van der Waals surface area (Å²) in [7, 11) is 0. The van der Waals surface area contributed by atoms with Crippen molar-refractivity contribution in [2.45, 2.75) is 27.2 Å². The Hall–Kier alpha value is -1.42. The fourth-order valence-electron chi connectivity index (χ4n) is 1.79. The summed E-state index contributed by atoms with van der Waals surface area (Å²) >= 11 is 0. The quantitative estimate of drug-likeness (QED) is 0.591. The van der Waals surface area contributed by atoms with Gasteiger partial charge in [0.1, 0.15) is 0 Å². The number of allylic oxidation sites excluding steroid dienone is 5. The molecule has 0 aromatic heterocycles. The van der Waals surface area contributed by atoms with Crippen LogP contribution in [0.2, 0.25) is 0 Å². The van der Waals surface area contributed by atoms with Gasteiger partial charge in [0.15, 0.2) is 0 Å². The van der Waals surface area contributed by atoms with Gasteiger partial charge in [-0.3, -0.25) is 0 Å². The smallest absolute Gasteiger partial charge is 0.0769 e. The third-order valence-corrected chi connectivity index (χ3v) is 2.75. The second kappa shape index (κ2) is 3.62. The summed E-state index contributed by atoms with van der Waals surface area (Å²) in [6.07, 6.45) is 7.62. The monoisotopic (exact) mass is 199 g/mol. The molecule has 1 heterocycles. The highest BCUT2D eigenvalue weighted by Crippen LogP contribution is 2.29. The molecule has 0 saturated heterocycles. The molecule has 0 aromatic carbocycles. The van der Waals surface area contributed by atoms with Gasteiger partial charge in [0, 0.05) is 17.7 Å². The van der Waals surface area contributed by atoms with E-state index >= 15 is 0 Å². The van der Waals surface area contributed by atoms with Gasteiger partial charge in [-0.05, 0) is 17.1 Å². The Kier molecular flexibility index (Phi) is 2.44. The molecule has 1 heteroatoms. The van der Waals surface area contributed by atoms with E-state index in [1.807, 2.05) is 0 Å². The van der Waals surface area contributed by atoms with Crippen LogP contribution in [0, 0.1) is 17.3 Å². The molecule has 1 aliphatic heterocycles. The topological polar surface area (TPSA) is 12.0 Å². The molecule has 15 heavy (non-hydrogen) atoms. The highest BCUT2D eigenvalue weighted by atomic mass is 14.9. The maximum absolute atomic E-state index is 3.32. The summed E-state index contributed by atoms with van der Waals surface area (Å²) in [6, 6.07) is 0. The molecule has 0 radical (unpaired) electrons. The van der Waals surface area contributed by atoms with Gasteiger partial charge in [-0.2, -0.15) is 0 Å². The Morgan fingerprint density at radius 1 is 1.27 bits per heavy atom. The lowest BCUT2D eigenvalue weighted by Gasteiger charge is -2.19. The summed E-state index contributed by atoms with van der Waals surface area (Å²) < 4.78 is 0. The van der Waals surface area contributed by atoms with Gasteiger partial charge in [0.05, 0.1) is 6.54 Å². The van der Waals surface area contributed by atoms with Crippen molar-refractivity contribution in [2.75, 3.05) is 6.54 Å². The van der Waals surface area contributed by atoms with Crippen molar-refractivity contribution < 1.29 is 0 Å². The Morgan fingerprint density at radius 3 is 2.80 bits per heavy atom. The van der Waals surface area contributed by atoms with E-state index in [-0.39, 0.29) is 5.41 Å². The largest absolute Gasteiger partial charge is 0.373 e. The Labute approximate surface area is 92.0 Å². The lowest BCUT2D eigenvalue weighted by Crippen LogP contribution is -2.16. The first-order valence-electron chi connectivity index (χ1n) is 5.42. The predicted octanol–water partition coefficient (Wildman–Crippen LogP) is 2.78. The normalized spacial score (nSPS) is 19.5. The number of rotatable bonds is 0. The molecular weight excluding hydrogens is 182 g/mol. The molecule has 1 aliphatic carbocycles. The Balaban J connectivity index is 2.29. The standard InChI is InChI=1S/C14H17N/c1-14(2,3)12-7-6-11-5-4-10-15-13(11)9-8-12/h7-9,15H,6,10H2,1-3H3. The van der Waals surface area contributed by atoms with Crippen LogP contribution in [-0.4, -0.2) is 6.54 Å². The van der Waals surface area contributed by atoms with Gasteiger partial charge < -0.3 is 5.32 Å². The van der Waals surface area contributed by atoms with E-state index < -0.39 is 0 Å². The van der Waals surface area contributed by atoms with E-state index in [9.17, 15) is 0 Å². The van der Waals surface area contributed by atoms with Crippen molar-refractivity contribution in [3.63, 3.8) is 0 Å². The first-order chi connectivity index (χ1) is 7.07. The summed E-state index contributed by atoms with van der Waals surface area (Å²) in [5.74, 6) is 6.29. The summed E-state index contributed by atoms with van der Waals surface area (Å²) in [5.41, 5.74) is 4.03. The van der Waals surface area contributed by atoms with Gasteiger partial charge >= 0.3 is 0 Å². The second-order valence-electron chi connectivity index (χ2n) is 4.99. The average molecular weight is 199 g/mol. The van der Waals surface area contributed by atoms with Crippen molar-refractivity contribution in [3.05, 3.63) is 35.1 Å². The van der Waals surface area contributed by atoms with E-state index in [0.29, 0.717) is 0 Å². The molecule has 0 unspecified atom stereocenters. The Bertz CT molecular complexity index is 416. The molecule has 0 fully saturated rings. The zero-order valence-corrected chi connectivity index (χ0v) is 9.65. The number of nitrogens with one attached hydrogen (secondary N) is 1. The molecule has 78 valence electrons. The molecule has 0 atom stereocenters. The first-order valence-corrected chi connectivity index (χ1v) is 5.42. The SMILES string of the molecule is CC(C)(C)C1=CCC2=C(C=C1)NCC#C2. The number of hydrogen-bond acceptors (Lipinski definition) is 1. The maximum atomic E-state index is 3.32. The number of hydrogen-bond donors (Lipinski definition) is 1. The molecule has 0 spiro atoms. The van der Waals surface area contributed by atoms with Gasteiger partial charge in [-0.1, -0.05) is 44.8 Å². The van der Waals surface area contributed by atoms with Gasteiger partial charge in [-0.15, -0.1) is 0 Å². The van der Waals surface area contributed by atoms with Crippen LogP contribution in [0.1, 0.15) is 27.2 Å². The molecule has 1 N–H and O–H groups in total. The minimum atomic E-state index is 0.221. The van der Waals surface area contributed by atoms with E-state index in [4.69, 9.17) is 0 Å². The molecule has 2 aliphatic rings. The zero-order chi connectivity index (χ0) is 10.9. The van der Waals surface area contributed by atoms with Crippen LogP contribution < -0.4 is 5.32 Å². The minimum absolute atomic E-state index is 0.221. The van der Waals surface area contributed by atoms with Gasteiger partial charge in [0.2, 0.25) is 0 Å². The van der Waals surface area contributed by atoms with Crippen molar-refractivity contribution in [2.24, 2.45) is 5.41 Å². The van der Waals surface area contributed by atoms with E-state index in [0.717, 1.165) is 13.0 Å². The fourth-order valence-corrected chi connectivity index (χ4v) is 1.79. The third kappa shape index (κ3) is 2.15. The van der Waals surface area contributed by atoms with Crippen LogP contribution in [0.15, 0.2) is 35.1 Å². The molecular formula is C14H17N. The first kappa shape index (κ1) is 10.1. The molecule has 1 nitrogen and oxygen atoms in total. The third-order valence-electron chi connectivity index (χ3n) is 2.75. The van der Waals surface area contributed by atoms with Crippen LogP contribution >= 0.6 is 0 Å². The minimum Gasteiger partial charge on any atom is -0.373 e. The van der Waals surface area contributed by atoms with Crippen molar-refractivity contribution in [3.8, 4) is 11.8 Å². The van der Waals surface area contributed by atoms with Crippen LogP contribution in [0.4, 0.5) is 0 Å². The summed E-state index contributed by atoms with van der Waals surface area (Å²) in [5, 5.41) is 3.32. The summed E-state index contributed by atoms with van der Waals surface area (Å²) in [4.78, 5) is 0. The lowest BCUT2D eigenvalue weighted by molar-refractivity contribution is 0.515. The molecule has 0 bridgehead atoms. The molecule has 0 amide bonds. The lowest BCUT2D eigenvalue weighted by atomic mass is 9.86. The molecule has 0 saturated carbocycles. The van der Waals surface area contributed by atoms with E-state index in [1.54, 1.807) is 0 Å². The van der Waals surface area contributed by atoms with E-state index in [2.05, 4.69) is 56.2 Å². The zero-order valence-electron chi connectivity index (χ0n) is 9.65. The fraction of sp³-hybridized carbons (Fsp3) is 0.429. The van der Waals surface area contributed by atoms with Gasteiger partial charge in [0.25, 0.3) is 0 Å². The highest BCUT2D eigenvalue weighted by molar-refractivity contribution is 5.47. The highest BCUT2D eigenvalue weighted by Gasteiger charge is 2.17. The van der Waals surface area contributed by atoms with Crippen LogP contribution in [-0.2, 0) is 0 Å². The average Bonchev–Trinajstić information content (AvgIpc) is 2.38. The van der Waals surface area contributed by atoms with Crippen molar-refractivity contribution in [1.82, 2.24) is 5.32 Å². The van der Waals surface area contributed by atoms with Crippen LogP contribution in [0.5, 0.6) is 0 Å². The van der Waals surface area contributed by atoms with Crippen LogP contribution in [0.25, 0.3) is 0 Å². The van der Waals surface area contributed by atoms with Crippen molar-refractivity contribution >= 4 is 0 Å².